The number of halogens is 1. The molecule has 0 unspecified atom stereocenters. The molecule has 0 fully saturated rings. The molecule has 0 aliphatic rings. The van der Waals surface area contributed by atoms with Crippen LogP contribution in [0.4, 0.5) is 0 Å². The van der Waals surface area contributed by atoms with Crippen LogP contribution in [0, 0.1) is 0 Å². The van der Waals surface area contributed by atoms with E-state index >= 15 is 0 Å². The molecule has 0 aliphatic heterocycles. The van der Waals surface area contributed by atoms with Crippen LogP contribution in [0.1, 0.15) is 10.4 Å². The predicted octanol–water partition coefficient (Wildman–Crippen LogP) is 1.12. The van der Waals surface area contributed by atoms with Crippen molar-refractivity contribution in [2.45, 2.75) is 6.54 Å². The van der Waals surface area contributed by atoms with Gasteiger partial charge in [0.25, 0.3) is 11.5 Å². The van der Waals surface area contributed by atoms with Gasteiger partial charge in [0.15, 0.2) is 5.82 Å². The molecule has 3 aromatic heterocycles. The first-order chi connectivity index (χ1) is 14.0. The lowest BCUT2D eigenvalue weighted by Crippen LogP contribution is -2.34. The van der Waals surface area contributed by atoms with Crippen LogP contribution in [0.2, 0.25) is 0 Å². The van der Waals surface area contributed by atoms with Gasteiger partial charge in [0.05, 0.1) is 6.54 Å². The highest BCUT2D eigenvalue weighted by molar-refractivity contribution is 9.10. The summed E-state index contributed by atoms with van der Waals surface area (Å²) in [5.74, 6) is -0.185. The summed E-state index contributed by atoms with van der Waals surface area (Å²) >= 11 is 3.34. The maximum atomic E-state index is 12.4. The first-order valence-electron chi connectivity index (χ1n) is 8.46. The Labute approximate surface area is 170 Å². The Morgan fingerprint density at radius 1 is 1.17 bits per heavy atom. The van der Waals surface area contributed by atoms with E-state index in [4.69, 9.17) is 4.42 Å². The Morgan fingerprint density at radius 2 is 2.03 bits per heavy atom. The smallest absolute Gasteiger partial charge is 0.349 e. The van der Waals surface area contributed by atoms with E-state index in [2.05, 4.69) is 36.4 Å². The van der Waals surface area contributed by atoms with E-state index in [-0.39, 0.29) is 24.2 Å². The van der Waals surface area contributed by atoms with Crippen molar-refractivity contribution in [1.82, 2.24) is 29.9 Å². The lowest BCUT2D eigenvalue weighted by molar-refractivity contribution is 0.0948. The van der Waals surface area contributed by atoms with Crippen molar-refractivity contribution in [3.8, 4) is 5.82 Å². The van der Waals surface area contributed by atoms with Crippen molar-refractivity contribution in [2.75, 3.05) is 6.54 Å². The van der Waals surface area contributed by atoms with E-state index < -0.39 is 11.5 Å². The second-order valence-electron chi connectivity index (χ2n) is 5.98. The first-order valence-corrected chi connectivity index (χ1v) is 9.25. The summed E-state index contributed by atoms with van der Waals surface area (Å²) in [4.78, 5) is 40.3. The van der Waals surface area contributed by atoms with Gasteiger partial charge in [0.2, 0.25) is 0 Å². The third-order valence-electron chi connectivity index (χ3n) is 4.05. The number of nitrogens with one attached hydrogen (secondary N) is 1. The SMILES string of the molecule is O=C(NCCn1nc(-n2cncn2)ccc1=O)c1cc2cc(Br)ccc2oc1=O. The van der Waals surface area contributed by atoms with Crippen molar-refractivity contribution in [3.63, 3.8) is 0 Å². The summed E-state index contributed by atoms with van der Waals surface area (Å²) in [6, 6.07) is 9.46. The highest BCUT2D eigenvalue weighted by Gasteiger charge is 2.14. The Kier molecular flexibility index (Phi) is 5.04. The van der Waals surface area contributed by atoms with Crippen LogP contribution >= 0.6 is 15.9 Å². The van der Waals surface area contributed by atoms with Crippen LogP contribution in [0.3, 0.4) is 0 Å². The minimum Gasteiger partial charge on any atom is -0.422 e. The van der Waals surface area contributed by atoms with Crippen LogP contribution in [-0.4, -0.2) is 37.0 Å². The molecule has 10 nitrogen and oxygen atoms in total. The highest BCUT2D eigenvalue weighted by atomic mass is 79.9. The summed E-state index contributed by atoms with van der Waals surface area (Å²) < 4.78 is 8.59. The molecule has 0 atom stereocenters. The Hall–Kier alpha value is -3.60. The molecule has 1 aromatic carbocycles. The number of hydrogen-bond acceptors (Lipinski definition) is 7. The fourth-order valence-corrected chi connectivity index (χ4v) is 3.05. The molecule has 0 aliphatic carbocycles. The topological polar surface area (TPSA) is 125 Å². The second-order valence-corrected chi connectivity index (χ2v) is 6.89. The van der Waals surface area contributed by atoms with Gasteiger partial charge in [0, 0.05) is 22.5 Å². The number of hydrogen-bond donors (Lipinski definition) is 1. The van der Waals surface area contributed by atoms with Gasteiger partial charge in [0.1, 0.15) is 23.8 Å². The van der Waals surface area contributed by atoms with Crippen LogP contribution in [0.15, 0.2) is 67.5 Å². The van der Waals surface area contributed by atoms with Crippen LogP contribution in [-0.2, 0) is 6.54 Å². The zero-order chi connectivity index (χ0) is 20.4. The maximum absolute atomic E-state index is 12.4. The molecule has 0 saturated heterocycles. The van der Waals surface area contributed by atoms with Crippen molar-refractivity contribution < 1.29 is 9.21 Å². The van der Waals surface area contributed by atoms with Crippen molar-refractivity contribution in [2.24, 2.45) is 0 Å². The zero-order valence-corrected chi connectivity index (χ0v) is 16.4. The molecule has 0 radical (unpaired) electrons. The van der Waals surface area contributed by atoms with E-state index in [1.165, 1.54) is 40.2 Å². The van der Waals surface area contributed by atoms with E-state index in [1.807, 2.05) is 0 Å². The van der Waals surface area contributed by atoms with E-state index in [9.17, 15) is 14.4 Å². The van der Waals surface area contributed by atoms with Gasteiger partial charge in [-0.1, -0.05) is 15.9 Å². The zero-order valence-electron chi connectivity index (χ0n) is 14.8. The number of amides is 1. The Bertz CT molecular complexity index is 1310. The number of fused-ring (bicyclic) bond motifs is 1. The Morgan fingerprint density at radius 3 is 2.83 bits per heavy atom. The van der Waals surface area contributed by atoms with Gasteiger partial charge in [-0.15, -0.1) is 5.10 Å². The molecule has 11 heteroatoms. The Balaban J connectivity index is 1.49. The number of aromatic nitrogens is 5. The lowest BCUT2D eigenvalue weighted by atomic mass is 10.2. The van der Waals surface area contributed by atoms with Crippen molar-refractivity contribution in [1.29, 1.82) is 0 Å². The molecule has 4 rings (SSSR count). The van der Waals surface area contributed by atoms with Gasteiger partial charge in [-0.25, -0.2) is 19.1 Å². The third-order valence-corrected chi connectivity index (χ3v) is 4.55. The minimum atomic E-state index is -0.735. The number of carbonyl (C=O) groups excluding carboxylic acids is 1. The predicted molar refractivity (Wildman–Crippen MR) is 106 cm³/mol. The van der Waals surface area contributed by atoms with Gasteiger partial charge in [-0.2, -0.15) is 5.10 Å². The highest BCUT2D eigenvalue weighted by Crippen LogP contribution is 2.19. The average molecular weight is 457 g/mol. The average Bonchev–Trinajstić information content (AvgIpc) is 3.24. The molecule has 0 bridgehead atoms. The number of rotatable bonds is 5. The second kappa shape index (κ2) is 7.80. The summed E-state index contributed by atoms with van der Waals surface area (Å²) in [5.41, 5.74) is -0.804. The van der Waals surface area contributed by atoms with E-state index in [0.717, 1.165) is 4.47 Å². The van der Waals surface area contributed by atoms with Crippen LogP contribution in [0.25, 0.3) is 16.8 Å². The fourth-order valence-electron chi connectivity index (χ4n) is 2.67. The summed E-state index contributed by atoms with van der Waals surface area (Å²) in [7, 11) is 0. The molecule has 0 spiro atoms. The van der Waals surface area contributed by atoms with Crippen molar-refractivity contribution >= 4 is 32.8 Å². The molecule has 146 valence electrons. The summed E-state index contributed by atoms with van der Waals surface area (Å²) in [5, 5.41) is 11.4. The van der Waals surface area contributed by atoms with Gasteiger partial charge in [-0.3, -0.25) is 9.59 Å². The number of benzene rings is 1. The van der Waals surface area contributed by atoms with Crippen molar-refractivity contribution in [3.05, 3.63) is 79.9 Å². The molecular weight excluding hydrogens is 444 g/mol. The standard InChI is InChI=1S/C18H13BrN6O4/c19-12-1-2-14-11(7-12)8-13(18(28)29-14)17(27)21-5-6-24-16(26)4-3-15(23-24)25-10-20-9-22-25/h1-4,7-10H,5-6H2,(H,21,27). The minimum absolute atomic E-state index is 0.0858. The van der Waals surface area contributed by atoms with Crippen LogP contribution in [0.5, 0.6) is 0 Å². The molecule has 0 saturated carbocycles. The molecule has 3 heterocycles. The summed E-state index contributed by atoms with van der Waals surface area (Å²) in [6.07, 6.45) is 2.81. The molecular formula is C18H13BrN6O4. The molecule has 29 heavy (non-hydrogen) atoms. The number of nitrogens with zero attached hydrogens (tertiary/aromatic N) is 5. The summed E-state index contributed by atoms with van der Waals surface area (Å²) in [6.45, 7) is 0.195. The molecule has 4 aromatic rings. The van der Waals surface area contributed by atoms with Gasteiger partial charge in [-0.05, 0) is 30.3 Å². The van der Waals surface area contributed by atoms with Gasteiger partial charge >= 0.3 is 5.63 Å². The van der Waals surface area contributed by atoms with Gasteiger partial charge < -0.3 is 9.73 Å². The van der Waals surface area contributed by atoms with E-state index in [1.54, 1.807) is 18.2 Å². The normalized spacial score (nSPS) is 10.9. The molecule has 1 N–H and O–H groups in total. The quantitative estimate of drug-likeness (QED) is 0.446. The third kappa shape index (κ3) is 3.99. The monoisotopic (exact) mass is 456 g/mol. The maximum Gasteiger partial charge on any atom is 0.349 e. The molecule has 1 amide bonds. The lowest BCUT2D eigenvalue weighted by Gasteiger charge is -2.08. The fraction of sp³-hybridized carbons (Fsp3) is 0.111. The number of carbonyl (C=O) groups is 1. The van der Waals surface area contributed by atoms with Crippen LogP contribution < -0.4 is 16.5 Å². The largest absolute Gasteiger partial charge is 0.422 e. The first kappa shape index (κ1) is 18.7. The van der Waals surface area contributed by atoms with E-state index in [0.29, 0.717) is 16.8 Å².